The zero-order valence-electron chi connectivity index (χ0n) is 24.6. The van der Waals surface area contributed by atoms with Crippen LogP contribution in [-0.2, 0) is 29.8 Å². The van der Waals surface area contributed by atoms with E-state index in [1.165, 1.54) is 18.1 Å². The van der Waals surface area contributed by atoms with Crippen molar-refractivity contribution in [2.75, 3.05) is 6.61 Å². The van der Waals surface area contributed by atoms with Crippen LogP contribution < -0.4 is 0 Å². The monoisotopic (exact) mass is 526 g/mol. The Kier molecular flexibility index (Phi) is 5.51. The second-order valence-electron chi connectivity index (χ2n) is 15.3. The number of rotatable bonds is 3. The van der Waals surface area contributed by atoms with E-state index in [4.69, 9.17) is 14.2 Å². The molecule has 0 spiro atoms. The van der Waals surface area contributed by atoms with Gasteiger partial charge < -0.3 is 24.4 Å². The molecule has 3 saturated carbocycles. The predicted molar refractivity (Wildman–Crippen MR) is 144 cm³/mol. The maximum Gasteiger partial charge on any atom is 0.302 e. The second-order valence-corrected chi connectivity index (χ2v) is 15.3. The number of ether oxygens (including phenoxy) is 3. The summed E-state index contributed by atoms with van der Waals surface area (Å²) in [5, 5.41) is 24.7. The van der Waals surface area contributed by atoms with Crippen LogP contribution in [0.5, 0.6) is 0 Å². The molecule has 0 aromatic heterocycles. The van der Waals surface area contributed by atoms with Gasteiger partial charge in [-0.2, -0.15) is 0 Å². The summed E-state index contributed by atoms with van der Waals surface area (Å²) in [6, 6.07) is 4.44. The van der Waals surface area contributed by atoms with Crippen LogP contribution in [0, 0.1) is 35.5 Å². The standard InChI is InChI=1S/C32H46O6/c1-16-10-11-19-23-21(16)27(36-15-30(23,8)13-28(19,4)5)38-24-22-17(2)12-20(37-18(3)33)25-29(6,7)14-31(9,26(24)34)32(22,25)35/h10-11,17,20,22,24-27,34-35H,12-15H2,1-9H3/t17-,20+,22-,24-,25+,26+,27-,30-,31-,32-/m1/s1. The molecule has 0 amide bonds. The molecular weight excluding hydrogens is 480 g/mol. The summed E-state index contributed by atoms with van der Waals surface area (Å²) in [5.41, 5.74) is 2.62. The molecule has 1 heterocycles. The van der Waals surface area contributed by atoms with Crippen LogP contribution >= 0.6 is 0 Å². The van der Waals surface area contributed by atoms with Gasteiger partial charge in [0.1, 0.15) is 6.10 Å². The van der Waals surface area contributed by atoms with Crippen molar-refractivity contribution < 1.29 is 29.2 Å². The number of hydrogen-bond acceptors (Lipinski definition) is 6. The summed E-state index contributed by atoms with van der Waals surface area (Å²) < 4.78 is 19.2. The SMILES string of the molecule is CC(=O)O[C@H]1C[C@@H](C)[C@@H]2[C@@H](O[C@H]3OC[C@@]4(C)CC(C)(C)c5ccc(C)c3c54)[C@H](O)[C@@]3(C)CC(C)(C)[C@H]1[C@]23O. The second kappa shape index (κ2) is 7.84. The maximum atomic E-state index is 12.7. The number of aliphatic hydroxyl groups is 2. The lowest BCUT2D eigenvalue weighted by molar-refractivity contribution is -0.239. The Morgan fingerprint density at radius 2 is 1.79 bits per heavy atom. The van der Waals surface area contributed by atoms with Crippen LogP contribution in [0.2, 0.25) is 0 Å². The quantitative estimate of drug-likeness (QED) is 0.534. The van der Waals surface area contributed by atoms with Crippen LogP contribution in [-0.4, -0.2) is 46.7 Å². The topological polar surface area (TPSA) is 85.2 Å². The molecule has 38 heavy (non-hydrogen) atoms. The van der Waals surface area contributed by atoms with E-state index in [1.54, 1.807) is 0 Å². The van der Waals surface area contributed by atoms with Crippen molar-refractivity contribution in [3.05, 3.63) is 34.4 Å². The predicted octanol–water partition coefficient (Wildman–Crippen LogP) is 5.09. The summed E-state index contributed by atoms with van der Waals surface area (Å²) in [6.45, 7) is 19.4. The van der Waals surface area contributed by atoms with Gasteiger partial charge in [0.2, 0.25) is 0 Å². The van der Waals surface area contributed by atoms with E-state index in [-0.39, 0.29) is 46.1 Å². The van der Waals surface area contributed by atoms with Gasteiger partial charge in [0.15, 0.2) is 6.29 Å². The number of carbonyl (C=O) groups is 1. The Morgan fingerprint density at radius 1 is 1.11 bits per heavy atom. The Bertz CT molecular complexity index is 1190. The number of esters is 1. The van der Waals surface area contributed by atoms with Crippen LogP contribution in [0.4, 0.5) is 0 Å². The third kappa shape index (κ3) is 3.18. The molecule has 6 rings (SSSR count). The molecule has 10 atom stereocenters. The minimum absolute atomic E-state index is 0.00801. The zero-order valence-corrected chi connectivity index (χ0v) is 24.6. The zero-order chi connectivity index (χ0) is 27.8. The van der Waals surface area contributed by atoms with E-state index < -0.39 is 29.5 Å². The van der Waals surface area contributed by atoms with E-state index in [9.17, 15) is 15.0 Å². The lowest BCUT2D eigenvalue weighted by Gasteiger charge is -2.52. The first-order valence-corrected chi connectivity index (χ1v) is 14.5. The molecule has 0 bridgehead atoms. The Labute approximate surface area is 227 Å². The largest absolute Gasteiger partial charge is 0.462 e. The molecule has 3 fully saturated rings. The highest BCUT2D eigenvalue weighted by molar-refractivity contribution is 5.66. The molecule has 0 unspecified atom stereocenters. The van der Waals surface area contributed by atoms with Crippen LogP contribution in [0.15, 0.2) is 12.1 Å². The van der Waals surface area contributed by atoms with Gasteiger partial charge in [-0.15, -0.1) is 0 Å². The van der Waals surface area contributed by atoms with Gasteiger partial charge in [-0.25, -0.2) is 0 Å². The van der Waals surface area contributed by atoms with E-state index in [0.717, 1.165) is 17.5 Å². The van der Waals surface area contributed by atoms with Crippen molar-refractivity contribution in [1.29, 1.82) is 0 Å². The van der Waals surface area contributed by atoms with Crippen molar-refractivity contribution in [2.45, 2.75) is 123 Å². The van der Waals surface area contributed by atoms with Crippen LogP contribution in [0.3, 0.4) is 0 Å². The third-order valence-electron chi connectivity index (χ3n) is 11.5. The fourth-order valence-electron chi connectivity index (χ4n) is 10.7. The molecule has 210 valence electrons. The van der Waals surface area contributed by atoms with Gasteiger partial charge in [0, 0.05) is 35.2 Å². The normalized spacial score (nSPS) is 47.5. The molecule has 6 nitrogen and oxygen atoms in total. The van der Waals surface area contributed by atoms with Gasteiger partial charge in [-0.05, 0) is 59.6 Å². The molecule has 1 aromatic carbocycles. The number of aryl methyl sites for hydroxylation is 1. The highest BCUT2D eigenvalue weighted by Crippen LogP contribution is 2.73. The molecule has 2 N–H and O–H groups in total. The lowest BCUT2D eigenvalue weighted by atomic mass is 9.58. The van der Waals surface area contributed by atoms with Crippen molar-refractivity contribution in [1.82, 2.24) is 0 Å². The van der Waals surface area contributed by atoms with Crippen molar-refractivity contribution in [3.63, 3.8) is 0 Å². The average Bonchev–Trinajstić information content (AvgIpc) is 3.16. The van der Waals surface area contributed by atoms with Gasteiger partial charge >= 0.3 is 5.97 Å². The molecule has 1 aromatic rings. The first-order chi connectivity index (χ1) is 17.5. The number of hydrogen-bond donors (Lipinski definition) is 2. The molecule has 0 saturated heterocycles. The van der Waals surface area contributed by atoms with Crippen LogP contribution in [0.1, 0.15) is 103 Å². The molecule has 1 aliphatic heterocycles. The van der Waals surface area contributed by atoms with E-state index in [0.29, 0.717) is 19.4 Å². The maximum absolute atomic E-state index is 12.7. The summed E-state index contributed by atoms with van der Waals surface area (Å²) in [7, 11) is 0. The van der Waals surface area contributed by atoms with Crippen LogP contribution in [0.25, 0.3) is 0 Å². The lowest BCUT2D eigenvalue weighted by Crippen LogP contribution is -2.60. The van der Waals surface area contributed by atoms with E-state index >= 15 is 0 Å². The molecule has 5 aliphatic rings. The van der Waals surface area contributed by atoms with Crippen molar-refractivity contribution in [3.8, 4) is 0 Å². The number of benzene rings is 1. The number of aliphatic hydroxyl groups excluding tert-OH is 1. The smallest absolute Gasteiger partial charge is 0.302 e. The number of carbonyl (C=O) groups excluding carboxylic acids is 1. The highest BCUT2D eigenvalue weighted by Gasteiger charge is 2.80. The van der Waals surface area contributed by atoms with E-state index in [2.05, 4.69) is 60.6 Å². The fourth-order valence-corrected chi connectivity index (χ4v) is 10.7. The van der Waals surface area contributed by atoms with Gasteiger partial charge in [-0.1, -0.05) is 60.6 Å². The minimum atomic E-state index is -1.22. The average molecular weight is 527 g/mol. The Hall–Kier alpha value is -1.47. The van der Waals surface area contributed by atoms with Crippen molar-refractivity contribution >= 4 is 5.97 Å². The molecular formula is C32H46O6. The minimum Gasteiger partial charge on any atom is -0.462 e. The van der Waals surface area contributed by atoms with Crippen molar-refractivity contribution in [2.24, 2.45) is 28.6 Å². The molecule has 4 aliphatic carbocycles. The van der Waals surface area contributed by atoms with E-state index in [1.807, 2.05) is 6.92 Å². The first-order valence-electron chi connectivity index (χ1n) is 14.5. The third-order valence-corrected chi connectivity index (χ3v) is 11.5. The molecule has 6 heteroatoms. The first kappa shape index (κ1) is 26.7. The Balaban J connectivity index is 1.42. The summed E-state index contributed by atoms with van der Waals surface area (Å²) in [6.07, 6.45) is -0.151. The van der Waals surface area contributed by atoms with Gasteiger partial charge in [0.25, 0.3) is 0 Å². The summed E-state index contributed by atoms with van der Waals surface area (Å²) in [4.78, 5) is 12.1. The van der Waals surface area contributed by atoms with Gasteiger partial charge in [0.05, 0.1) is 24.4 Å². The highest BCUT2D eigenvalue weighted by atomic mass is 16.7. The molecule has 0 radical (unpaired) electrons. The summed E-state index contributed by atoms with van der Waals surface area (Å²) in [5.74, 6) is -0.916. The fraction of sp³-hybridized carbons (Fsp3) is 0.781. The van der Waals surface area contributed by atoms with Gasteiger partial charge in [-0.3, -0.25) is 4.79 Å². The Morgan fingerprint density at radius 3 is 2.45 bits per heavy atom. The summed E-state index contributed by atoms with van der Waals surface area (Å²) >= 11 is 0.